The molecule has 0 N–H and O–H groups in total. The highest BCUT2D eigenvalue weighted by atomic mass is 16.5. The molecule has 1 aliphatic rings. The minimum absolute atomic E-state index is 0.135. The zero-order valence-corrected chi connectivity index (χ0v) is 15.4. The van der Waals surface area contributed by atoms with Crippen molar-refractivity contribution in [2.75, 3.05) is 47.4 Å². The Morgan fingerprint density at radius 3 is 2.92 bits per heavy atom. The molecule has 1 amide bonds. The third-order valence-corrected chi connectivity index (χ3v) is 4.54. The standard InChI is InChI=1S/C18H30N4O2/c1-14-19-16(7-8-18(23)21(2)3)12-17(20-14)15-6-5-9-22(13-15)10-11-24-4/h12,15H,5-11,13H2,1-4H3/t15-/m0/s1. The lowest BCUT2D eigenvalue weighted by Crippen LogP contribution is -2.36. The van der Waals surface area contributed by atoms with Gasteiger partial charge in [0.05, 0.1) is 6.61 Å². The molecule has 1 aromatic rings. The van der Waals surface area contributed by atoms with E-state index in [1.807, 2.05) is 6.92 Å². The van der Waals surface area contributed by atoms with Crippen LogP contribution in [0.2, 0.25) is 0 Å². The predicted molar refractivity (Wildman–Crippen MR) is 94.1 cm³/mol. The average molecular weight is 334 g/mol. The number of aryl methyl sites for hydroxylation is 2. The van der Waals surface area contributed by atoms with E-state index in [0.29, 0.717) is 18.8 Å². The van der Waals surface area contributed by atoms with E-state index in [9.17, 15) is 4.79 Å². The van der Waals surface area contributed by atoms with Crippen LogP contribution in [-0.4, -0.2) is 73.1 Å². The summed E-state index contributed by atoms with van der Waals surface area (Å²) < 4.78 is 5.19. The van der Waals surface area contributed by atoms with E-state index in [1.165, 1.54) is 6.42 Å². The van der Waals surface area contributed by atoms with Gasteiger partial charge in [0.1, 0.15) is 5.82 Å². The smallest absolute Gasteiger partial charge is 0.222 e. The van der Waals surface area contributed by atoms with E-state index in [4.69, 9.17) is 4.74 Å². The molecule has 0 aromatic carbocycles. The summed E-state index contributed by atoms with van der Waals surface area (Å²) >= 11 is 0. The van der Waals surface area contributed by atoms with Crippen LogP contribution in [0.4, 0.5) is 0 Å². The van der Waals surface area contributed by atoms with Crippen molar-refractivity contribution >= 4 is 5.91 Å². The van der Waals surface area contributed by atoms with Crippen molar-refractivity contribution in [3.05, 3.63) is 23.3 Å². The Bertz CT molecular complexity index is 548. The van der Waals surface area contributed by atoms with E-state index in [1.54, 1.807) is 26.1 Å². The maximum atomic E-state index is 11.8. The first-order chi connectivity index (χ1) is 11.5. The van der Waals surface area contributed by atoms with Crippen molar-refractivity contribution in [2.45, 2.75) is 38.5 Å². The first kappa shape index (κ1) is 18.8. The van der Waals surface area contributed by atoms with Crippen LogP contribution < -0.4 is 0 Å². The lowest BCUT2D eigenvalue weighted by atomic mass is 9.93. The fourth-order valence-corrected chi connectivity index (χ4v) is 3.17. The van der Waals surface area contributed by atoms with Gasteiger partial charge >= 0.3 is 0 Å². The number of carbonyl (C=O) groups is 1. The third kappa shape index (κ3) is 5.53. The second-order valence-corrected chi connectivity index (χ2v) is 6.75. The van der Waals surface area contributed by atoms with E-state index < -0.39 is 0 Å². The topological polar surface area (TPSA) is 58.6 Å². The van der Waals surface area contributed by atoms with Gasteiger partial charge in [-0.15, -0.1) is 0 Å². The SMILES string of the molecule is COCCN1CCC[C@H](c2cc(CCC(=O)N(C)C)nc(C)n2)C1. The summed E-state index contributed by atoms with van der Waals surface area (Å²) in [7, 11) is 5.32. The highest BCUT2D eigenvalue weighted by Crippen LogP contribution is 2.26. The Kier molecular flexibility index (Phi) is 7.12. The first-order valence-electron chi connectivity index (χ1n) is 8.75. The zero-order chi connectivity index (χ0) is 17.5. The Morgan fingerprint density at radius 2 is 2.21 bits per heavy atom. The average Bonchev–Trinajstić information content (AvgIpc) is 2.57. The number of ether oxygens (including phenoxy) is 1. The van der Waals surface area contributed by atoms with E-state index in [0.717, 1.165) is 49.9 Å². The molecule has 6 heteroatoms. The predicted octanol–water partition coefficient (Wildman–Crippen LogP) is 1.63. The largest absolute Gasteiger partial charge is 0.383 e. The second kappa shape index (κ2) is 9.08. The molecule has 0 aliphatic carbocycles. The van der Waals surface area contributed by atoms with Crippen LogP contribution in [-0.2, 0) is 16.0 Å². The number of hydrogen-bond acceptors (Lipinski definition) is 5. The summed E-state index contributed by atoms with van der Waals surface area (Å²) in [6.07, 6.45) is 3.52. The highest BCUT2D eigenvalue weighted by Gasteiger charge is 2.23. The highest BCUT2D eigenvalue weighted by molar-refractivity contribution is 5.75. The summed E-state index contributed by atoms with van der Waals surface area (Å²) in [6, 6.07) is 2.10. The number of methoxy groups -OCH3 is 1. The molecule has 0 bridgehead atoms. The van der Waals surface area contributed by atoms with Crippen molar-refractivity contribution < 1.29 is 9.53 Å². The minimum Gasteiger partial charge on any atom is -0.383 e. The summed E-state index contributed by atoms with van der Waals surface area (Å²) in [4.78, 5) is 25.1. The van der Waals surface area contributed by atoms with Crippen molar-refractivity contribution in [1.82, 2.24) is 19.8 Å². The number of piperidine rings is 1. The first-order valence-corrected chi connectivity index (χ1v) is 8.75. The fraction of sp³-hybridized carbons (Fsp3) is 0.722. The number of amides is 1. The van der Waals surface area contributed by atoms with Crippen molar-refractivity contribution in [2.24, 2.45) is 0 Å². The lowest BCUT2D eigenvalue weighted by Gasteiger charge is -2.32. The van der Waals surface area contributed by atoms with Crippen LogP contribution >= 0.6 is 0 Å². The van der Waals surface area contributed by atoms with Crippen molar-refractivity contribution in [3.63, 3.8) is 0 Å². The molecule has 1 atom stereocenters. The maximum Gasteiger partial charge on any atom is 0.222 e. The van der Waals surface area contributed by atoms with E-state index >= 15 is 0 Å². The third-order valence-electron chi connectivity index (χ3n) is 4.54. The molecule has 0 unspecified atom stereocenters. The fourth-order valence-electron chi connectivity index (χ4n) is 3.17. The number of nitrogens with zero attached hydrogens (tertiary/aromatic N) is 4. The van der Waals surface area contributed by atoms with E-state index in [-0.39, 0.29) is 5.91 Å². The molecule has 6 nitrogen and oxygen atoms in total. The van der Waals surface area contributed by atoms with Gasteiger partial charge in [0.15, 0.2) is 0 Å². The normalized spacial score (nSPS) is 18.6. The van der Waals surface area contributed by atoms with Gasteiger partial charge in [0.2, 0.25) is 5.91 Å². The molecule has 0 saturated carbocycles. The zero-order valence-electron chi connectivity index (χ0n) is 15.4. The Balaban J connectivity index is 2.03. The van der Waals surface area contributed by atoms with Crippen LogP contribution in [0.25, 0.3) is 0 Å². The molecular weight excluding hydrogens is 304 g/mol. The Labute approximate surface area is 145 Å². The minimum atomic E-state index is 0.135. The van der Waals surface area contributed by atoms with Gasteiger partial charge in [-0.2, -0.15) is 0 Å². The molecule has 1 fully saturated rings. The molecule has 0 spiro atoms. The molecule has 1 aliphatic heterocycles. The van der Waals surface area contributed by atoms with Gasteiger partial charge in [-0.3, -0.25) is 4.79 Å². The summed E-state index contributed by atoms with van der Waals surface area (Å²) in [6.45, 7) is 5.84. The van der Waals surface area contributed by atoms with Gasteiger partial charge in [-0.1, -0.05) is 0 Å². The number of carbonyl (C=O) groups excluding carboxylic acids is 1. The summed E-state index contributed by atoms with van der Waals surface area (Å²) in [5, 5.41) is 0. The van der Waals surface area contributed by atoms with Crippen LogP contribution in [0, 0.1) is 6.92 Å². The van der Waals surface area contributed by atoms with Gasteiger partial charge < -0.3 is 14.5 Å². The molecular formula is C18H30N4O2. The molecule has 24 heavy (non-hydrogen) atoms. The molecule has 1 saturated heterocycles. The Morgan fingerprint density at radius 1 is 1.42 bits per heavy atom. The van der Waals surface area contributed by atoms with Crippen molar-refractivity contribution in [3.8, 4) is 0 Å². The van der Waals surface area contributed by atoms with Crippen molar-refractivity contribution in [1.29, 1.82) is 0 Å². The quantitative estimate of drug-likeness (QED) is 0.758. The number of likely N-dealkylation sites (tertiary alicyclic amines) is 1. The van der Waals surface area contributed by atoms with E-state index in [2.05, 4.69) is 20.9 Å². The van der Waals surface area contributed by atoms with Crippen LogP contribution in [0.5, 0.6) is 0 Å². The summed E-state index contributed by atoms with van der Waals surface area (Å²) in [5.41, 5.74) is 2.10. The van der Waals surface area contributed by atoms with Gasteiger partial charge in [-0.25, -0.2) is 9.97 Å². The number of aromatic nitrogens is 2. The summed E-state index contributed by atoms with van der Waals surface area (Å²) in [5.74, 6) is 1.38. The molecule has 2 rings (SSSR count). The number of hydrogen-bond donors (Lipinski definition) is 0. The molecule has 0 radical (unpaired) electrons. The monoisotopic (exact) mass is 334 g/mol. The molecule has 134 valence electrons. The molecule has 1 aromatic heterocycles. The molecule has 2 heterocycles. The second-order valence-electron chi connectivity index (χ2n) is 6.75. The van der Waals surface area contributed by atoms with Gasteiger partial charge in [0.25, 0.3) is 0 Å². The lowest BCUT2D eigenvalue weighted by molar-refractivity contribution is -0.128. The van der Waals surface area contributed by atoms with Gasteiger partial charge in [-0.05, 0) is 38.8 Å². The van der Waals surface area contributed by atoms with Crippen LogP contribution in [0.1, 0.15) is 42.4 Å². The van der Waals surface area contributed by atoms with Crippen LogP contribution in [0.3, 0.4) is 0 Å². The number of rotatable bonds is 7. The maximum absolute atomic E-state index is 11.8. The van der Waals surface area contributed by atoms with Gasteiger partial charge in [0, 0.05) is 58.0 Å². The van der Waals surface area contributed by atoms with Crippen LogP contribution in [0.15, 0.2) is 6.07 Å². The Hall–Kier alpha value is -1.53.